The maximum Gasteiger partial charge on any atom is 0.257 e. The molecule has 0 unspecified atom stereocenters. The molecule has 2 aromatic rings. The Balaban J connectivity index is 1.69. The van der Waals surface area contributed by atoms with E-state index in [0.29, 0.717) is 25.3 Å². The van der Waals surface area contributed by atoms with Crippen LogP contribution < -0.4 is 4.74 Å². The van der Waals surface area contributed by atoms with E-state index in [1.165, 1.54) is 0 Å². The first-order chi connectivity index (χ1) is 13.0. The molecule has 0 saturated carbocycles. The normalized spacial score (nSPS) is 17.2. The number of carbonyl (C=O) groups excluding carboxylic acids is 1. The number of morpholine rings is 1. The highest BCUT2D eigenvalue weighted by molar-refractivity contribution is 5.95. The standard InChI is InChI=1S/C21H27N3O3/c1-14(2)20-22-12-19(15(3)23-20)21(25)24-8-9-27-18(13-24)11-16-6-5-7-17(10-16)26-4/h5-7,10,12,14,18H,8-9,11,13H2,1-4H3/t18-/m0/s1. The fraction of sp³-hybridized carbons (Fsp3) is 0.476. The molecule has 1 aromatic heterocycles. The first-order valence-electron chi connectivity index (χ1n) is 9.35. The summed E-state index contributed by atoms with van der Waals surface area (Å²) in [7, 11) is 1.66. The summed E-state index contributed by atoms with van der Waals surface area (Å²) in [6.45, 7) is 7.63. The molecule has 1 atom stereocenters. The zero-order valence-corrected chi connectivity index (χ0v) is 16.4. The van der Waals surface area contributed by atoms with Crippen LogP contribution in [0.2, 0.25) is 0 Å². The largest absolute Gasteiger partial charge is 0.497 e. The fourth-order valence-corrected chi connectivity index (χ4v) is 3.23. The van der Waals surface area contributed by atoms with E-state index in [0.717, 1.165) is 29.3 Å². The molecule has 144 valence electrons. The van der Waals surface area contributed by atoms with Crippen LogP contribution in [0.25, 0.3) is 0 Å². The van der Waals surface area contributed by atoms with Crippen molar-refractivity contribution in [2.24, 2.45) is 0 Å². The van der Waals surface area contributed by atoms with Gasteiger partial charge < -0.3 is 14.4 Å². The summed E-state index contributed by atoms with van der Waals surface area (Å²) in [6, 6.07) is 7.95. The summed E-state index contributed by atoms with van der Waals surface area (Å²) in [5.74, 6) is 1.81. The molecule has 0 aliphatic carbocycles. The number of aromatic nitrogens is 2. The van der Waals surface area contributed by atoms with Crippen molar-refractivity contribution in [2.45, 2.75) is 39.2 Å². The van der Waals surface area contributed by atoms with Gasteiger partial charge in [-0.2, -0.15) is 0 Å². The van der Waals surface area contributed by atoms with E-state index < -0.39 is 0 Å². The van der Waals surface area contributed by atoms with Crippen molar-refractivity contribution in [3.05, 3.63) is 53.1 Å². The van der Waals surface area contributed by atoms with Crippen LogP contribution in [0.1, 0.15) is 47.2 Å². The zero-order chi connectivity index (χ0) is 19.4. The zero-order valence-electron chi connectivity index (χ0n) is 16.4. The molecule has 0 radical (unpaired) electrons. The molecule has 0 spiro atoms. The molecule has 6 nitrogen and oxygen atoms in total. The molecule has 1 fully saturated rings. The molecule has 0 N–H and O–H groups in total. The van der Waals surface area contributed by atoms with E-state index in [1.54, 1.807) is 13.3 Å². The number of aryl methyl sites for hydroxylation is 1. The molecule has 2 heterocycles. The van der Waals surface area contributed by atoms with Gasteiger partial charge in [0.15, 0.2) is 0 Å². The Kier molecular flexibility index (Phi) is 6.06. The van der Waals surface area contributed by atoms with Crippen molar-refractivity contribution in [1.82, 2.24) is 14.9 Å². The van der Waals surface area contributed by atoms with E-state index in [2.05, 4.69) is 16.0 Å². The van der Waals surface area contributed by atoms with Crippen LogP contribution in [0.5, 0.6) is 5.75 Å². The Morgan fingerprint density at radius 3 is 2.93 bits per heavy atom. The van der Waals surface area contributed by atoms with Crippen LogP contribution in [0.3, 0.4) is 0 Å². The first-order valence-corrected chi connectivity index (χ1v) is 9.35. The minimum atomic E-state index is -0.0361. The molecule has 1 saturated heterocycles. The number of methoxy groups -OCH3 is 1. The number of ether oxygens (including phenoxy) is 2. The highest BCUT2D eigenvalue weighted by Crippen LogP contribution is 2.19. The van der Waals surface area contributed by atoms with Gasteiger partial charge in [0, 0.05) is 31.6 Å². The molecule has 0 bridgehead atoms. The Morgan fingerprint density at radius 1 is 1.41 bits per heavy atom. The van der Waals surface area contributed by atoms with Crippen molar-refractivity contribution < 1.29 is 14.3 Å². The average Bonchev–Trinajstić information content (AvgIpc) is 2.67. The molecule has 1 aliphatic rings. The maximum absolute atomic E-state index is 13.0. The summed E-state index contributed by atoms with van der Waals surface area (Å²) in [5.41, 5.74) is 2.44. The third-order valence-electron chi connectivity index (χ3n) is 4.77. The third-order valence-corrected chi connectivity index (χ3v) is 4.77. The van der Waals surface area contributed by atoms with Crippen LogP contribution in [-0.2, 0) is 11.2 Å². The lowest BCUT2D eigenvalue weighted by atomic mass is 10.1. The third kappa shape index (κ3) is 4.63. The molecule has 3 rings (SSSR count). The van der Waals surface area contributed by atoms with Crippen molar-refractivity contribution >= 4 is 5.91 Å². The number of rotatable bonds is 5. The second-order valence-electron chi connectivity index (χ2n) is 7.18. The summed E-state index contributed by atoms with van der Waals surface area (Å²) < 4.78 is 11.2. The SMILES string of the molecule is COc1cccc(C[C@H]2CN(C(=O)c3cnc(C(C)C)nc3C)CCO2)c1. The van der Waals surface area contributed by atoms with Crippen LogP contribution in [0, 0.1) is 6.92 Å². The van der Waals surface area contributed by atoms with E-state index in [-0.39, 0.29) is 17.9 Å². The number of hydrogen-bond donors (Lipinski definition) is 0. The summed E-state index contributed by atoms with van der Waals surface area (Å²) in [4.78, 5) is 23.7. The van der Waals surface area contributed by atoms with Gasteiger partial charge in [0.2, 0.25) is 0 Å². The Bertz CT molecular complexity index is 807. The van der Waals surface area contributed by atoms with Gasteiger partial charge >= 0.3 is 0 Å². The van der Waals surface area contributed by atoms with Gasteiger partial charge in [0.25, 0.3) is 5.91 Å². The van der Waals surface area contributed by atoms with Crippen LogP contribution in [0.4, 0.5) is 0 Å². The summed E-state index contributed by atoms with van der Waals surface area (Å²) in [5, 5.41) is 0. The molecular weight excluding hydrogens is 342 g/mol. The summed E-state index contributed by atoms with van der Waals surface area (Å²) in [6.07, 6.45) is 2.36. The second kappa shape index (κ2) is 8.48. The van der Waals surface area contributed by atoms with Crippen LogP contribution in [0.15, 0.2) is 30.5 Å². The Hall–Kier alpha value is -2.47. The minimum absolute atomic E-state index is 0.0262. The van der Waals surface area contributed by atoms with Gasteiger partial charge in [-0.3, -0.25) is 4.79 Å². The smallest absolute Gasteiger partial charge is 0.257 e. The molecule has 6 heteroatoms. The maximum atomic E-state index is 13.0. The lowest BCUT2D eigenvalue weighted by Crippen LogP contribution is -2.46. The number of hydrogen-bond acceptors (Lipinski definition) is 5. The minimum Gasteiger partial charge on any atom is -0.497 e. The van der Waals surface area contributed by atoms with Gasteiger partial charge in [0.05, 0.1) is 31.1 Å². The lowest BCUT2D eigenvalue weighted by molar-refractivity contribution is -0.0208. The Labute approximate surface area is 160 Å². The quantitative estimate of drug-likeness (QED) is 0.811. The van der Waals surface area contributed by atoms with Crippen LogP contribution >= 0.6 is 0 Å². The first kappa shape index (κ1) is 19.3. The molecule has 1 aromatic carbocycles. The number of amides is 1. The highest BCUT2D eigenvalue weighted by atomic mass is 16.5. The fourth-order valence-electron chi connectivity index (χ4n) is 3.23. The predicted molar refractivity (Wildman–Crippen MR) is 103 cm³/mol. The average molecular weight is 369 g/mol. The molecule has 27 heavy (non-hydrogen) atoms. The molecule has 1 amide bonds. The van der Waals surface area contributed by atoms with Gasteiger partial charge in [0.1, 0.15) is 11.6 Å². The number of benzene rings is 1. The van der Waals surface area contributed by atoms with Gasteiger partial charge in [-0.15, -0.1) is 0 Å². The Morgan fingerprint density at radius 2 is 2.22 bits per heavy atom. The molecule has 1 aliphatic heterocycles. The van der Waals surface area contributed by atoms with E-state index in [1.807, 2.05) is 43.9 Å². The van der Waals surface area contributed by atoms with Crippen molar-refractivity contribution in [3.8, 4) is 5.75 Å². The van der Waals surface area contributed by atoms with Crippen LogP contribution in [-0.4, -0.2) is 53.7 Å². The molecular formula is C21H27N3O3. The predicted octanol–water partition coefficient (Wildman–Crippen LogP) is 3.00. The van der Waals surface area contributed by atoms with E-state index in [4.69, 9.17) is 9.47 Å². The monoisotopic (exact) mass is 369 g/mol. The lowest BCUT2D eigenvalue weighted by Gasteiger charge is -2.33. The summed E-state index contributed by atoms with van der Waals surface area (Å²) >= 11 is 0. The highest BCUT2D eigenvalue weighted by Gasteiger charge is 2.27. The van der Waals surface area contributed by atoms with Crippen molar-refractivity contribution in [3.63, 3.8) is 0 Å². The topological polar surface area (TPSA) is 64.5 Å². The number of nitrogens with zero attached hydrogens (tertiary/aromatic N) is 3. The van der Waals surface area contributed by atoms with E-state index in [9.17, 15) is 4.79 Å². The van der Waals surface area contributed by atoms with E-state index >= 15 is 0 Å². The second-order valence-corrected chi connectivity index (χ2v) is 7.18. The number of carbonyl (C=O) groups is 1. The van der Waals surface area contributed by atoms with Gasteiger partial charge in [-0.1, -0.05) is 26.0 Å². The van der Waals surface area contributed by atoms with Crippen molar-refractivity contribution in [1.29, 1.82) is 0 Å². The van der Waals surface area contributed by atoms with Crippen molar-refractivity contribution in [2.75, 3.05) is 26.8 Å². The van der Waals surface area contributed by atoms with Gasteiger partial charge in [-0.25, -0.2) is 9.97 Å². The van der Waals surface area contributed by atoms with Gasteiger partial charge in [-0.05, 0) is 24.6 Å².